The fraction of sp³-hybridized carbons (Fsp3) is 0.231. The highest BCUT2D eigenvalue weighted by atomic mass is 35.5. The van der Waals surface area contributed by atoms with E-state index in [1.54, 1.807) is 6.07 Å². The second kappa shape index (κ2) is 5.23. The first-order chi connectivity index (χ1) is 8.61. The predicted molar refractivity (Wildman–Crippen MR) is 72.9 cm³/mol. The van der Waals surface area contributed by atoms with Gasteiger partial charge in [0, 0.05) is 11.4 Å². The van der Waals surface area contributed by atoms with Gasteiger partial charge in [0.2, 0.25) is 0 Å². The summed E-state index contributed by atoms with van der Waals surface area (Å²) in [7, 11) is 0. The topological polar surface area (TPSA) is 71.8 Å². The molecule has 0 atom stereocenters. The lowest BCUT2D eigenvalue weighted by atomic mass is 10.1. The first-order valence-electron chi connectivity index (χ1n) is 5.72. The van der Waals surface area contributed by atoms with Gasteiger partial charge in [0.15, 0.2) is 0 Å². The summed E-state index contributed by atoms with van der Waals surface area (Å²) in [6.07, 6.45) is 1.03. The molecule has 0 saturated carbocycles. The molecule has 0 saturated heterocycles. The van der Waals surface area contributed by atoms with E-state index in [0.717, 1.165) is 5.56 Å². The Morgan fingerprint density at radius 1 is 1.39 bits per heavy atom. The van der Waals surface area contributed by atoms with Crippen molar-refractivity contribution in [3.63, 3.8) is 0 Å². The molecule has 2 rings (SSSR count). The largest absolute Gasteiger partial charge is 0.383 e. The van der Waals surface area contributed by atoms with Crippen LogP contribution in [0.15, 0.2) is 29.1 Å². The first kappa shape index (κ1) is 12.6. The predicted octanol–water partition coefficient (Wildman–Crippen LogP) is 2.16. The zero-order chi connectivity index (χ0) is 13.1. The molecule has 4 nitrogen and oxygen atoms in total. The van der Waals surface area contributed by atoms with E-state index >= 15 is 0 Å². The number of rotatable bonds is 3. The number of hydrogen-bond donors (Lipinski definition) is 2. The van der Waals surface area contributed by atoms with Gasteiger partial charge in [-0.3, -0.25) is 4.79 Å². The molecular formula is C13H14ClN3O. The molecule has 3 N–H and O–H groups in total. The number of nitrogens with zero attached hydrogens (tertiary/aromatic N) is 1. The average molecular weight is 264 g/mol. The van der Waals surface area contributed by atoms with Crippen molar-refractivity contribution in [1.82, 2.24) is 9.97 Å². The van der Waals surface area contributed by atoms with Crippen molar-refractivity contribution in [2.75, 3.05) is 5.73 Å². The Kier molecular flexibility index (Phi) is 3.67. The number of nitrogens with two attached hydrogens (primary N) is 1. The maximum atomic E-state index is 11.8. The molecule has 5 heteroatoms. The standard InChI is InChI=1S/C13H14ClN3O/c1-2-9-12(15)16-11(17-13(9)18)7-8-5-3-4-6-10(8)14/h3-6H,2,7H2,1H3,(H3,15,16,17,18). The summed E-state index contributed by atoms with van der Waals surface area (Å²) >= 11 is 6.06. The molecule has 0 spiro atoms. The molecule has 94 valence electrons. The third-order valence-electron chi connectivity index (χ3n) is 2.77. The van der Waals surface area contributed by atoms with Crippen LogP contribution < -0.4 is 11.3 Å². The Labute approximate surface area is 110 Å². The zero-order valence-electron chi connectivity index (χ0n) is 10.0. The molecule has 0 fully saturated rings. The second-order valence-corrected chi connectivity index (χ2v) is 4.41. The first-order valence-corrected chi connectivity index (χ1v) is 6.10. The summed E-state index contributed by atoms with van der Waals surface area (Å²) in [4.78, 5) is 18.7. The number of benzene rings is 1. The van der Waals surface area contributed by atoms with Gasteiger partial charge >= 0.3 is 0 Å². The van der Waals surface area contributed by atoms with E-state index in [1.807, 2.05) is 25.1 Å². The quantitative estimate of drug-likeness (QED) is 0.891. The molecule has 0 bridgehead atoms. The molecule has 0 unspecified atom stereocenters. The highest BCUT2D eigenvalue weighted by molar-refractivity contribution is 6.31. The Balaban J connectivity index is 2.37. The Morgan fingerprint density at radius 2 is 2.11 bits per heavy atom. The van der Waals surface area contributed by atoms with Gasteiger partial charge in [-0.1, -0.05) is 36.7 Å². The van der Waals surface area contributed by atoms with Crippen molar-refractivity contribution in [3.05, 3.63) is 56.6 Å². The molecular weight excluding hydrogens is 250 g/mol. The highest BCUT2D eigenvalue weighted by Crippen LogP contribution is 2.17. The number of nitrogens with one attached hydrogen (secondary N) is 1. The molecule has 0 radical (unpaired) electrons. The normalized spacial score (nSPS) is 10.6. The summed E-state index contributed by atoms with van der Waals surface area (Å²) in [5.41, 5.74) is 7.02. The third kappa shape index (κ3) is 2.54. The van der Waals surface area contributed by atoms with Gasteiger partial charge in [0.05, 0.1) is 5.56 Å². The lowest BCUT2D eigenvalue weighted by molar-refractivity contribution is 0.916. The van der Waals surface area contributed by atoms with E-state index in [4.69, 9.17) is 17.3 Å². The van der Waals surface area contributed by atoms with Crippen molar-refractivity contribution in [3.8, 4) is 0 Å². The van der Waals surface area contributed by atoms with E-state index in [0.29, 0.717) is 35.1 Å². The molecule has 1 aromatic carbocycles. The third-order valence-corrected chi connectivity index (χ3v) is 3.13. The number of aromatic amines is 1. The molecule has 2 aromatic rings. The van der Waals surface area contributed by atoms with Crippen molar-refractivity contribution < 1.29 is 0 Å². The number of nitrogen functional groups attached to an aromatic ring is 1. The van der Waals surface area contributed by atoms with Gasteiger partial charge in [-0.2, -0.15) is 0 Å². The molecule has 1 heterocycles. The van der Waals surface area contributed by atoms with Crippen LogP contribution in [0.1, 0.15) is 23.9 Å². The van der Waals surface area contributed by atoms with Gasteiger partial charge in [0.25, 0.3) is 5.56 Å². The van der Waals surface area contributed by atoms with Crippen LogP contribution in [0.4, 0.5) is 5.82 Å². The van der Waals surface area contributed by atoms with Crippen LogP contribution in [-0.4, -0.2) is 9.97 Å². The van der Waals surface area contributed by atoms with Crippen LogP contribution in [0.2, 0.25) is 5.02 Å². The van der Waals surface area contributed by atoms with E-state index < -0.39 is 0 Å². The maximum Gasteiger partial charge on any atom is 0.256 e. The summed E-state index contributed by atoms with van der Waals surface area (Å²) < 4.78 is 0. The van der Waals surface area contributed by atoms with Crippen molar-refractivity contribution >= 4 is 17.4 Å². The molecule has 0 aliphatic carbocycles. The van der Waals surface area contributed by atoms with E-state index in [-0.39, 0.29) is 5.56 Å². The van der Waals surface area contributed by atoms with Crippen LogP contribution in [-0.2, 0) is 12.8 Å². The monoisotopic (exact) mass is 263 g/mol. The van der Waals surface area contributed by atoms with Crippen molar-refractivity contribution in [2.45, 2.75) is 19.8 Å². The lowest BCUT2D eigenvalue weighted by Gasteiger charge is -2.06. The van der Waals surface area contributed by atoms with Gasteiger partial charge in [-0.25, -0.2) is 4.98 Å². The number of halogens is 1. The number of anilines is 1. The summed E-state index contributed by atoms with van der Waals surface area (Å²) in [5, 5.41) is 0.651. The number of H-pyrrole nitrogens is 1. The van der Waals surface area contributed by atoms with E-state index in [9.17, 15) is 4.79 Å². The Morgan fingerprint density at radius 3 is 2.72 bits per heavy atom. The van der Waals surface area contributed by atoms with Crippen LogP contribution in [0.25, 0.3) is 0 Å². The smallest absolute Gasteiger partial charge is 0.256 e. The summed E-state index contributed by atoms with van der Waals surface area (Å²) in [5.74, 6) is 0.825. The van der Waals surface area contributed by atoms with Crippen LogP contribution in [0.3, 0.4) is 0 Å². The minimum atomic E-state index is -0.174. The van der Waals surface area contributed by atoms with Gasteiger partial charge in [0.1, 0.15) is 11.6 Å². The zero-order valence-corrected chi connectivity index (χ0v) is 10.8. The maximum absolute atomic E-state index is 11.8. The minimum Gasteiger partial charge on any atom is -0.383 e. The molecule has 0 aliphatic rings. The van der Waals surface area contributed by atoms with E-state index in [2.05, 4.69) is 9.97 Å². The Bertz CT molecular complexity index is 622. The molecule has 18 heavy (non-hydrogen) atoms. The number of hydrogen-bond acceptors (Lipinski definition) is 3. The number of aromatic nitrogens is 2. The lowest BCUT2D eigenvalue weighted by Crippen LogP contribution is -2.19. The fourth-order valence-electron chi connectivity index (χ4n) is 1.81. The SMILES string of the molecule is CCc1c(N)nc(Cc2ccccc2Cl)[nH]c1=O. The van der Waals surface area contributed by atoms with E-state index in [1.165, 1.54) is 0 Å². The van der Waals surface area contributed by atoms with Gasteiger partial charge in [-0.15, -0.1) is 0 Å². The van der Waals surface area contributed by atoms with Crippen LogP contribution >= 0.6 is 11.6 Å². The van der Waals surface area contributed by atoms with Crippen molar-refractivity contribution in [2.24, 2.45) is 0 Å². The minimum absolute atomic E-state index is 0.174. The Hall–Kier alpha value is -1.81. The second-order valence-electron chi connectivity index (χ2n) is 4.00. The summed E-state index contributed by atoms with van der Waals surface area (Å²) in [6.45, 7) is 1.87. The van der Waals surface area contributed by atoms with Crippen molar-refractivity contribution in [1.29, 1.82) is 0 Å². The summed E-state index contributed by atoms with van der Waals surface area (Å²) in [6, 6.07) is 7.45. The van der Waals surface area contributed by atoms with Gasteiger partial charge in [-0.05, 0) is 18.1 Å². The average Bonchev–Trinajstić information content (AvgIpc) is 2.32. The molecule has 0 amide bonds. The highest BCUT2D eigenvalue weighted by Gasteiger charge is 2.08. The fourth-order valence-corrected chi connectivity index (χ4v) is 2.01. The van der Waals surface area contributed by atoms with Crippen LogP contribution in [0, 0.1) is 0 Å². The van der Waals surface area contributed by atoms with Crippen LogP contribution in [0.5, 0.6) is 0 Å². The molecule has 1 aromatic heterocycles. The molecule has 0 aliphatic heterocycles. The van der Waals surface area contributed by atoms with Gasteiger partial charge < -0.3 is 10.7 Å².